The van der Waals surface area contributed by atoms with Gasteiger partial charge in [0.05, 0.1) is 5.69 Å². The second-order valence-corrected chi connectivity index (χ2v) is 6.42. The Morgan fingerprint density at radius 3 is 2.65 bits per heavy atom. The molecule has 0 spiro atoms. The molecule has 0 aliphatic rings. The third kappa shape index (κ3) is 3.12. The van der Waals surface area contributed by atoms with Crippen molar-refractivity contribution in [1.29, 1.82) is 0 Å². The van der Waals surface area contributed by atoms with Crippen molar-refractivity contribution < 1.29 is 8.42 Å². The van der Waals surface area contributed by atoms with Gasteiger partial charge >= 0.3 is 0 Å². The molecule has 2 aromatic rings. The minimum absolute atomic E-state index is 0.0229. The predicted octanol–water partition coefficient (Wildman–Crippen LogP) is 2.19. The maximum atomic E-state index is 12.2. The summed E-state index contributed by atoms with van der Waals surface area (Å²) in [6, 6.07) is 2.60. The lowest BCUT2D eigenvalue weighted by Gasteiger charge is -2.09. The Morgan fingerprint density at radius 1 is 1.30 bits per heavy atom. The lowest BCUT2D eigenvalue weighted by Crippen LogP contribution is -2.16. The van der Waals surface area contributed by atoms with Gasteiger partial charge in [0.15, 0.2) is 5.15 Å². The zero-order valence-corrected chi connectivity index (χ0v) is 12.5. The van der Waals surface area contributed by atoms with Gasteiger partial charge in [0.2, 0.25) is 0 Å². The molecule has 0 saturated carbocycles. The van der Waals surface area contributed by atoms with E-state index in [1.807, 2.05) is 0 Å². The molecular weight excluding hydrogens is 325 g/mol. The first kappa shape index (κ1) is 14.8. The van der Waals surface area contributed by atoms with Crippen molar-refractivity contribution in [3.05, 3.63) is 50.6 Å². The van der Waals surface area contributed by atoms with Gasteiger partial charge < -0.3 is 4.98 Å². The zero-order chi connectivity index (χ0) is 14.9. The van der Waals surface area contributed by atoms with Crippen LogP contribution in [0.1, 0.15) is 5.56 Å². The summed E-state index contributed by atoms with van der Waals surface area (Å²) in [5, 5.41) is -0.198. The first-order chi connectivity index (χ1) is 9.29. The van der Waals surface area contributed by atoms with E-state index in [0.29, 0.717) is 0 Å². The first-order valence-corrected chi connectivity index (χ1v) is 7.57. The Labute approximate surface area is 124 Å². The van der Waals surface area contributed by atoms with Crippen LogP contribution in [0, 0.1) is 6.92 Å². The van der Waals surface area contributed by atoms with E-state index in [1.165, 1.54) is 6.20 Å². The molecule has 0 atom stereocenters. The second-order valence-electron chi connectivity index (χ2n) is 3.97. The number of halogens is 2. The molecule has 0 fully saturated rings. The Kier molecular flexibility index (Phi) is 4.03. The quantitative estimate of drug-likeness (QED) is 0.842. The maximum Gasteiger partial charge on any atom is 0.266 e. The van der Waals surface area contributed by atoms with Crippen molar-refractivity contribution in [2.45, 2.75) is 11.8 Å². The number of anilines is 1. The van der Waals surface area contributed by atoms with Crippen LogP contribution in [0.15, 0.2) is 34.2 Å². The largest absolute Gasteiger partial charge is 0.326 e. The number of aromatic nitrogens is 2. The highest BCUT2D eigenvalue weighted by atomic mass is 35.5. The van der Waals surface area contributed by atoms with Gasteiger partial charge in [0.25, 0.3) is 15.6 Å². The number of nitrogens with one attached hydrogen (secondary N) is 2. The molecule has 2 aromatic heterocycles. The van der Waals surface area contributed by atoms with E-state index in [2.05, 4.69) is 14.7 Å². The molecule has 2 N–H and O–H groups in total. The molecule has 0 amide bonds. The highest BCUT2D eigenvalue weighted by Gasteiger charge is 2.17. The molecule has 20 heavy (non-hydrogen) atoms. The monoisotopic (exact) mass is 333 g/mol. The van der Waals surface area contributed by atoms with Crippen LogP contribution in [0.2, 0.25) is 10.2 Å². The second kappa shape index (κ2) is 5.43. The van der Waals surface area contributed by atoms with Gasteiger partial charge in [-0.2, -0.15) is 0 Å². The van der Waals surface area contributed by atoms with E-state index >= 15 is 0 Å². The molecule has 0 bridgehead atoms. The fourth-order valence-electron chi connectivity index (χ4n) is 1.42. The zero-order valence-electron chi connectivity index (χ0n) is 10.1. The number of H-pyrrole nitrogens is 1. The summed E-state index contributed by atoms with van der Waals surface area (Å²) < 4.78 is 26.6. The molecule has 0 aliphatic carbocycles. The highest BCUT2D eigenvalue weighted by Crippen LogP contribution is 2.23. The van der Waals surface area contributed by atoms with E-state index in [0.717, 1.165) is 17.8 Å². The van der Waals surface area contributed by atoms with Gasteiger partial charge in [-0.3, -0.25) is 9.52 Å². The van der Waals surface area contributed by atoms with Crippen molar-refractivity contribution in [2.75, 3.05) is 4.72 Å². The van der Waals surface area contributed by atoms with E-state index in [-0.39, 0.29) is 20.8 Å². The molecule has 106 valence electrons. The van der Waals surface area contributed by atoms with Crippen LogP contribution in [0.4, 0.5) is 5.69 Å². The van der Waals surface area contributed by atoms with Crippen molar-refractivity contribution in [1.82, 2.24) is 9.97 Å². The van der Waals surface area contributed by atoms with Gasteiger partial charge in [-0.15, -0.1) is 0 Å². The number of sulfonamides is 1. The summed E-state index contributed by atoms with van der Waals surface area (Å²) in [6.07, 6.45) is 2.56. The lowest BCUT2D eigenvalue weighted by molar-refractivity contribution is 0.600. The Morgan fingerprint density at radius 2 is 2.00 bits per heavy atom. The van der Waals surface area contributed by atoms with Crippen molar-refractivity contribution in [2.24, 2.45) is 0 Å². The van der Waals surface area contributed by atoms with Crippen LogP contribution < -0.4 is 10.3 Å². The molecule has 0 unspecified atom stereocenters. The number of hydrogen-bond acceptors (Lipinski definition) is 4. The summed E-state index contributed by atoms with van der Waals surface area (Å²) in [5.41, 5.74) is 0.321. The summed E-state index contributed by atoms with van der Waals surface area (Å²) in [4.78, 5) is 17.0. The topological polar surface area (TPSA) is 91.9 Å². The third-order valence-corrected chi connectivity index (χ3v) is 4.29. The van der Waals surface area contributed by atoms with Gasteiger partial charge in [-0.1, -0.05) is 23.2 Å². The van der Waals surface area contributed by atoms with Gasteiger partial charge in [0.1, 0.15) is 9.92 Å². The van der Waals surface area contributed by atoms with Crippen LogP contribution >= 0.6 is 23.2 Å². The highest BCUT2D eigenvalue weighted by molar-refractivity contribution is 7.92. The molecule has 2 heterocycles. The van der Waals surface area contributed by atoms with Crippen molar-refractivity contribution in [3.63, 3.8) is 0 Å². The molecule has 0 aromatic carbocycles. The summed E-state index contributed by atoms with van der Waals surface area (Å²) in [6.45, 7) is 1.75. The average molecular weight is 334 g/mol. The van der Waals surface area contributed by atoms with E-state index in [1.54, 1.807) is 13.0 Å². The minimum atomic E-state index is -3.92. The van der Waals surface area contributed by atoms with E-state index in [4.69, 9.17) is 23.2 Å². The summed E-state index contributed by atoms with van der Waals surface area (Å²) >= 11 is 11.4. The van der Waals surface area contributed by atoms with Crippen LogP contribution in [-0.4, -0.2) is 18.4 Å². The van der Waals surface area contributed by atoms with Gasteiger partial charge in [-0.05, 0) is 24.6 Å². The summed E-state index contributed by atoms with van der Waals surface area (Å²) in [5.74, 6) is 0. The lowest BCUT2D eigenvalue weighted by atomic mass is 10.3. The van der Waals surface area contributed by atoms with Crippen molar-refractivity contribution >= 4 is 38.9 Å². The normalized spacial score (nSPS) is 11.3. The molecule has 0 saturated heterocycles. The maximum absolute atomic E-state index is 12.2. The molecular formula is C11H9Cl2N3O3S. The number of pyridine rings is 2. The molecule has 0 aliphatic heterocycles. The van der Waals surface area contributed by atoms with Crippen LogP contribution in [0.5, 0.6) is 0 Å². The van der Waals surface area contributed by atoms with E-state index in [9.17, 15) is 13.2 Å². The third-order valence-electron chi connectivity index (χ3n) is 2.36. The summed E-state index contributed by atoms with van der Waals surface area (Å²) in [7, 11) is -3.92. The van der Waals surface area contributed by atoms with Crippen LogP contribution in [0.3, 0.4) is 0 Å². The van der Waals surface area contributed by atoms with E-state index < -0.39 is 15.6 Å². The molecule has 9 heteroatoms. The fourth-order valence-corrected chi connectivity index (χ4v) is 2.91. The SMILES string of the molecule is Cc1cnc(Cl)c(NS(=O)(=O)c2c[nH]c(=O)c(Cl)c2)c1. The molecule has 6 nitrogen and oxygen atoms in total. The molecule has 0 radical (unpaired) electrons. The number of aromatic amines is 1. The number of rotatable bonds is 3. The van der Waals surface area contributed by atoms with Gasteiger partial charge in [-0.25, -0.2) is 13.4 Å². The van der Waals surface area contributed by atoms with Crippen molar-refractivity contribution in [3.8, 4) is 0 Å². The minimum Gasteiger partial charge on any atom is -0.326 e. The molecule has 2 rings (SSSR count). The number of hydrogen-bond donors (Lipinski definition) is 2. The van der Waals surface area contributed by atoms with Crippen LogP contribution in [0.25, 0.3) is 0 Å². The standard InChI is InChI=1S/C11H9Cl2N3O3S/c1-6-2-9(10(13)14-4-6)16-20(18,19)7-3-8(12)11(17)15-5-7/h2-5,16H,1H3,(H,15,17). The smallest absolute Gasteiger partial charge is 0.266 e. The number of nitrogens with zero attached hydrogens (tertiary/aromatic N) is 1. The Hall–Kier alpha value is -1.57. The Bertz CT molecular complexity index is 818. The average Bonchev–Trinajstić information content (AvgIpc) is 2.36. The predicted molar refractivity (Wildman–Crippen MR) is 76.9 cm³/mol. The fraction of sp³-hybridized carbons (Fsp3) is 0.0909. The first-order valence-electron chi connectivity index (χ1n) is 5.33. The van der Waals surface area contributed by atoms with Gasteiger partial charge in [0, 0.05) is 12.4 Å². The number of aryl methyl sites for hydroxylation is 1. The van der Waals surface area contributed by atoms with Crippen LogP contribution in [-0.2, 0) is 10.0 Å². The Balaban J connectivity index is 2.43.